The number of nitrogens with zero attached hydrogens (tertiary/aromatic N) is 4. The van der Waals surface area contributed by atoms with Crippen LogP contribution < -0.4 is 10.6 Å². The fourth-order valence-electron chi connectivity index (χ4n) is 3.12. The zero-order valence-electron chi connectivity index (χ0n) is 18.1. The number of aliphatic imine (C=N–C) groups is 1. The van der Waals surface area contributed by atoms with Gasteiger partial charge in [-0.05, 0) is 58.0 Å². The summed E-state index contributed by atoms with van der Waals surface area (Å²) < 4.78 is 0. The number of nitrogens with one attached hydrogen (secondary N) is 3. The minimum Gasteiger partial charge on any atom is -0.357 e. The van der Waals surface area contributed by atoms with Crippen LogP contribution in [0.25, 0.3) is 11.4 Å². The lowest BCUT2D eigenvalue weighted by Gasteiger charge is -2.21. The number of aromatic nitrogens is 3. The average Bonchev–Trinajstić information content (AvgIpc) is 3.25. The summed E-state index contributed by atoms with van der Waals surface area (Å²) in [6, 6.07) is 8.61. The van der Waals surface area contributed by atoms with Gasteiger partial charge in [-0.1, -0.05) is 32.0 Å². The number of guanidine groups is 1. The van der Waals surface area contributed by atoms with Crippen molar-refractivity contribution in [1.82, 2.24) is 30.7 Å². The van der Waals surface area contributed by atoms with E-state index in [2.05, 4.69) is 70.5 Å². The molecule has 0 saturated carbocycles. The molecular formula is C21H36IN7. The van der Waals surface area contributed by atoms with Crippen molar-refractivity contribution in [2.75, 3.05) is 26.2 Å². The first-order valence-corrected chi connectivity index (χ1v) is 10.4. The van der Waals surface area contributed by atoms with Gasteiger partial charge in [-0.15, -0.1) is 24.0 Å². The molecule has 8 heteroatoms. The van der Waals surface area contributed by atoms with E-state index in [0.717, 1.165) is 55.5 Å². The van der Waals surface area contributed by atoms with Gasteiger partial charge in [0.2, 0.25) is 0 Å². The number of hydrogen-bond donors (Lipinski definition) is 3. The average molecular weight is 513 g/mol. The van der Waals surface area contributed by atoms with Crippen molar-refractivity contribution in [3.8, 4) is 11.4 Å². The fourth-order valence-corrected chi connectivity index (χ4v) is 3.12. The molecule has 2 aromatic rings. The predicted octanol–water partition coefficient (Wildman–Crippen LogP) is 3.66. The Hall–Kier alpha value is -1.68. The molecule has 0 saturated heterocycles. The van der Waals surface area contributed by atoms with Gasteiger partial charge in [0.25, 0.3) is 0 Å². The van der Waals surface area contributed by atoms with Crippen molar-refractivity contribution in [2.24, 2.45) is 4.99 Å². The van der Waals surface area contributed by atoms with Crippen LogP contribution in [0.4, 0.5) is 0 Å². The zero-order valence-corrected chi connectivity index (χ0v) is 20.4. The Kier molecular flexibility index (Phi) is 12.5. The van der Waals surface area contributed by atoms with E-state index < -0.39 is 0 Å². The summed E-state index contributed by atoms with van der Waals surface area (Å²) >= 11 is 0. The SMILES string of the molecule is CCNC(=NCc1cccc(-c2ncn[nH]2)c1)NC(C)CCCN(CC)CC.I. The highest BCUT2D eigenvalue weighted by Gasteiger charge is 2.07. The van der Waals surface area contributed by atoms with Gasteiger partial charge in [0, 0.05) is 18.2 Å². The Morgan fingerprint density at radius 1 is 1.24 bits per heavy atom. The van der Waals surface area contributed by atoms with Crippen molar-refractivity contribution in [3.05, 3.63) is 36.2 Å². The minimum atomic E-state index is 0. The second-order valence-corrected chi connectivity index (χ2v) is 6.94. The van der Waals surface area contributed by atoms with E-state index >= 15 is 0 Å². The van der Waals surface area contributed by atoms with Crippen LogP contribution in [-0.4, -0.2) is 58.3 Å². The maximum Gasteiger partial charge on any atom is 0.191 e. The van der Waals surface area contributed by atoms with Gasteiger partial charge < -0.3 is 15.5 Å². The van der Waals surface area contributed by atoms with Gasteiger partial charge in [0.1, 0.15) is 6.33 Å². The molecule has 1 aromatic heterocycles. The molecule has 1 unspecified atom stereocenters. The summed E-state index contributed by atoms with van der Waals surface area (Å²) in [6.45, 7) is 13.6. The van der Waals surface area contributed by atoms with Crippen molar-refractivity contribution in [1.29, 1.82) is 0 Å². The molecule has 0 aliphatic heterocycles. The first kappa shape index (κ1) is 25.4. The molecule has 0 aliphatic rings. The second-order valence-electron chi connectivity index (χ2n) is 6.94. The quantitative estimate of drug-likeness (QED) is 0.243. The zero-order chi connectivity index (χ0) is 20.2. The molecular weight excluding hydrogens is 477 g/mol. The first-order valence-electron chi connectivity index (χ1n) is 10.4. The van der Waals surface area contributed by atoms with Crippen molar-refractivity contribution >= 4 is 29.9 Å². The summed E-state index contributed by atoms with van der Waals surface area (Å²) in [7, 11) is 0. The number of halogens is 1. The molecule has 3 N–H and O–H groups in total. The molecule has 7 nitrogen and oxygen atoms in total. The molecule has 1 atom stereocenters. The van der Waals surface area contributed by atoms with Gasteiger partial charge in [-0.25, -0.2) is 9.98 Å². The highest BCUT2D eigenvalue weighted by atomic mass is 127. The number of H-pyrrole nitrogens is 1. The Morgan fingerprint density at radius 2 is 2.03 bits per heavy atom. The molecule has 0 amide bonds. The number of aromatic amines is 1. The maximum absolute atomic E-state index is 4.76. The lowest BCUT2D eigenvalue weighted by molar-refractivity contribution is 0.292. The minimum absolute atomic E-state index is 0. The van der Waals surface area contributed by atoms with E-state index in [1.807, 2.05) is 12.1 Å². The Morgan fingerprint density at radius 3 is 2.69 bits per heavy atom. The summed E-state index contributed by atoms with van der Waals surface area (Å²) in [5.41, 5.74) is 2.16. The summed E-state index contributed by atoms with van der Waals surface area (Å²) in [4.78, 5) is 11.4. The first-order chi connectivity index (χ1) is 13.7. The number of benzene rings is 1. The van der Waals surface area contributed by atoms with Crippen molar-refractivity contribution in [2.45, 2.75) is 53.1 Å². The molecule has 0 radical (unpaired) electrons. The lowest BCUT2D eigenvalue weighted by Crippen LogP contribution is -2.42. The Bertz CT molecular complexity index is 699. The molecule has 162 valence electrons. The van der Waals surface area contributed by atoms with Crippen LogP contribution in [0.2, 0.25) is 0 Å². The molecule has 29 heavy (non-hydrogen) atoms. The van der Waals surface area contributed by atoms with Crippen molar-refractivity contribution < 1.29 is 0 Å². The van der Waals surface area contributed by atoms with Gasteiger partial charge in [0.05, 0.1) is 6.54 Å². The molecule has 0 fully saturated rings. The topological polar surface area (TPSA) is 81.2 Å². The highest BCUT2D eigenvalue weighted by molar-refractivity contribution is 14.0. The van der Waals surface area contributed by atoms with Gasteiger partial charge in [0.15, 0.2) is 11.8 Å². The molecule has 1 aromatic carbocycles. The summed E-state index contributed by atoms with van der Waals surface area (Å²) in [6.07, 6.45) is 3.84. The van der Waals surface area contributed by atoms with E-state index in [0.29, 0.717) is 12.6 Å². The van der Waals surface area contributed by atoms with Crippen LogP contribution in [0, 0.1) is 0 Å². The molecule has 2 rings (SSSR count). The Balaban J connectivity index is 0.00000420. The molecule has 0 aliphatic carbocycles. The van der Waals surface area contributed by atoms with Gasteiger partial charge in [-0.2, -0.15) is 5.10 Å². The van der Waals surface area contributed by atoms with Crippen LogP contribution in [0.15, 0.2) is 35.6 Å². The van der Waals surface area contributed by atoms with E-state index in [1.165, 1.54) is 12.7 Å². The van der Waals surface area contributed by atoms with Crippen molar-refractivity contribution in [3.63, 3.8) is 0 Å². The van der Waals surface area contributed by atoms with Gasteiger partial charge in [-0.3, -0.25) is 5.10 Å². The maximum atomic E-state index is 4.76. The van der Waals surface area contributed by atoms with E-state index in [9.17, 15) is 0 Å². The molecule has 0 spiro atoms. The molecule has 0 bridgehead atoms. The smallest absolute Gasteiger partial charge is 0.191 e. The molecule has 1 heterocycles. The Labute approximate surface area is 192 Å². The highest BCUT2D eigenvalue weighted by Crippen LogP contribution is 2.15. The standard InChI is InChI=1S/C21H35N7.HI/c1-5-22-21(26-17(4)10-9-13-28(6-2)7-3)23-15-18-11-8-12-19(14-18)20-24-16-25-27-20;/h8,11-12,14,16-17H,5-7,9-10,13,15H2,1-4H3,(H2,22,23,26)(H,24,25,27);1H. The van der Waals surface area contributed by atoms with Crippen LogP contribution in [0.1, 0.15) is 46.1 Å². The predicted molar refractivity (Wildman–Crippen MR) is 132 cm³/mol. The van der Waals surface area contributed by atoms with Crippen LogP contribution in [0.5, 0.6) is 0 Å². The van der Waals surface area contributed by atoms with Crippen LogP contribution in [0.3, 0.4) is 0 Å². The van der Waals surface area contributed by atoms with E-state index in [1.54, 1.807) is 0 Å². The van der Waals surface area contributed by atoms with E-state index in [-0.39, 0.29) is 24.0 Å². The largest absolute Gasteiger partial charge is 0.357 e. The monoisotopic (exact) mass is 513 g/mol. The van der Waals surface area contributed by atoms with Crippen LogP contribution >= 0.6 is 24.0 Å². The number of hydrogen-bond acceptors (Lipinski definition) is 4. The third-order valence-corrected chi connectivity index (χ3v) is 4.77. The lowest BCUT2D eigenvalue weighted by atomic mass is 10.1. The third-order valence-electron chi connectivity index (χ3n) is 4.77. The van der Waals surface area contributed by atoms with Crippen LogP contribution in [-0.2, 0) is 6.54 Å². The summed E-state index contributed by atoms with van der Waals surface area (Å²) in [5.74, 6) is 1.64. The second kappa shape index (κ2) is 14.3. The normalized spacial score (nSPS) is 12.5. The number of rotatable bonds is 11. The summed E-state index contributed by atoms with van der Waals surface area (Å²) in [5, 5.41) is 13.7. The third kappa shape index (κ3) is 9.12. The van der Waals surface area contributed by atoms with E-state index in [4.69, 9.17) is 4.99 Å². The van der Waals surface area contributed by atoms with Gasteiger partial charge >= 0.3 is 0 Å². The fraction of sp³-hybridized carbons (Fsp3) is 0.571.